The number of phosphoric ester groups is 1. The summed E-state index contributed by atoms with van der Waals surface area (Å²) in [7, 11) is -4.40. The Morgan fingerprint density at radius 2 is 0.658 bits per heavy atom. The summed E-state index contributed by atoms with van der Waals surface area (Å²) in [6.45, 7) is 3.51. The molecule has 0 aliphatic rings. The van der Waals surface area contributed by atoms with Gasteiger partial charge in [0.05, 0.1) is 13.2 Å². The lowest BCUT2D eigenvalue weighted by Gasteiger charge is -2.19. The van der Waals surface area contributed by atoms with E-state index in [9.17, 15) is 19.0 Å². The van der Waals surface area contributed by atoms with Crippen molar-refractivity contribution >= 4 is 19.8 Å². The second kappa shape index (κ2) is 63.3. The highest BCUT2D eigenvalue weighted by atomic mass is 31.2. The van der Waals surface area contributed by atoms with Crippen molar-refractivity contribution in [1.29, 1.82) is 0 Å². The van der Waals surface area contributed by atoms with E-state index in [0.717, 1.165) is 122 Å². The zero-order chi connectivity index (χ0) is 57.3. The van der Waals surface area contributed by atoms with Crippen LogP contribution in [0.4, 0.5) is 0 Å². The Morgan fingerprint density at radius 1 is 0.380 bits per heavy atom. The fourth-order valence-electron chi connectivity index (χ4n) is 8.43. The van der Waals surface area contributed by atoms with Gasteiger partial charge in [-0.2, -0.15) is 0 Å². The number of rotatable bonds is 58. The summed E-state index contributed by atoms with van der Waals surface area (Å²) in [4.78, 5) is 35.2. The van der Waals surface area contributed by atoms with Gasteiger partial charge < -0.3 is 20.1 Å². The van der Waals surface area contributed by atoms with Crippen molar-refractivity contribution in [3.8, 4) is 0 Å². The first-order valence-corrected chi connectivity index (χ1v) is 33.2. The molecule has 0 rings (SSSR count). The SMILES string of the molecule is CC/C=C\C/C=C\C/C=C\C/C=C\C/C=C\C/C=C\C/C=C\C/C=C\CCCCCCCCCCCCCCCCCCC(=O)OC(COC(=O)CCCCCCCCC/C=C\C/C=C\C/C=C\CC)COP(=O)(O)OCCN. The third kappa shape index (κ3) is 63.2. The average Bonchev–Trinajstić information content (AvgIpc) is 3.44. The number of ether oxygens (including phenoxy) is 2. The third-order valence-corrected chi connectivity index (χ3v) is 14.0. The number of phosphoric acid groups is 1. The zero-order valence-electron chi connectivity index (χ0n) is 50.3. The Kier molecular flexibility index (Phi) is 60.2. The molecule has 2 unspecified atom stereocenters. The highest BCUT2D eigenvalue weighted by molar-refractivity contribution is 7.47. The van der Waals surface area contributed by atoms with E-state index >= 15 is 0 Å². The van der Waals surface area contributed by atoms with E-state index in [4.69, 9.17) is 24.3 Å². The summed E-state index contributed by atoms with van der Waals surface area (Å²) in [5.41, 5.74) is 5.38. The van der Waals surface area contributed by atoms with Crippen molar-refractivity contribution in [3.05, 3.63) is 134 Å². The number of hydrogen-bond donors (Lipinski definition) is 2. The van der Waals surface area contributed by atoms with Gasteiger partial charge in [-0.15, -0.1) is 0 Å². The summed E-state index contributed by atoms with van der Waals surface area (Å²) in [6.07, 6.45) is 89.6. The van der Waals surface area contributed by atoms with Gasteiger partial charge in [0, 0.05) is 19.4 Å². The Hall–Kier alpha value is -3.85. The molecule has 0 amide bonds. The molecule has 9 nitrogen and oxygen atoms in total. The topological polar surface area (TPSA) is 134 Å². The molecule has 0 aromatic rings. The molecule has 0 saturated heterocycles. The van der Waals surface area contributed by atoms with Crippen molar-refractivity contribution in [2.45, 2.75) is 264 Å². The lowest BCUT2D eigenvalue weighted by atomic mass is 10.0. The van der Waals surface area contributed by atoms with Gasteiger partial charge in [0.2, 0.25) is 0 Å². The van der Waals surface area contributed by atoms with Gasteiger partial charge in [-0.3, -0.25) is 18.6 Å². The lowest BCUT2D eigenvalue weighted by Crippen LogP contribution is -2.29. The highest BCUT2D eigenvalue weighted by Gasteiger charge is 2.26. The summed E-state index contributed by atoms with van der Waals surface area (Å²) >= 11 is 0. The summed E-state index contributed by atoms with van der Waals surface area (Å²) in [5.74, 6) is -0.841. The maximum Gasteiger partial charge on any atom is 0.472 e. The Morgan fingerprint density at radius 3 is 0.975 bits per heavy atom. The Labute approximate surface area is 484 Å². The van der Waals surface area contributed by atoms with E-state index in [1.807, 2.05) is 0 Å². The molecule has 0 heterocycles. The molecule has 450 valence electrons. The van der Waals surface area contributed by atoms with Gasteiger partial charge in [0.25, 0.3) is 0 Å². The van der Waals surface area contributed by atoms with E-state index in [-0.39, 0.29) is 32.6 Å². The van der Waals surface area contributed by atoms with Crippen LogP contribution < -0.4 is 5.73 Å². The number of allylic oxidation sites excluding steroid dienone is 22. The molecular formula is C69H116NO8P. The van der Waals surface area contributed by atoms with Crippen LogP contribution in [0.1, 0.15) is 258 Å². The quantitative estimate of drug-likeness (QED) is 0.0264. The molecule has 0 aliphatic carbocycles. The number of nitrogens with two attached hydrogens (primary N) is 1. The first-order chi connectivity index (χ1) is 38.8. The smallest absolute Gasteiger partial charge is 0.462 e. The Balaban J connectivity index is 3.88. The monoisotopic (exact) mass is 1120 g/mol. The fourth-order valence-corrected chi connectivity index (χ4v) is 9.20. The van der Waals surface area contributed by atoms with Crippen molar-refractivity contribution in [2.24, 2.45) is 5.73 Å². The number of hydrogen-bond acceptors (Lipinski definition) is 8. The van der Waals surface area contributed by atoms with Gasteiger partial charge in [0.1, 0.15) is 6.61 Å². The van der Waals surface area contributed by atoms with Crippen LogP contribution in [0.5, 0.6) is 0 Å². The van der Waals surface area contributed by atoms with Crippen LogP contribution in [-0.4, -0.2) is 49.3 Å². The van der Waals surface area contributed by atoms with Gasteiger partial charge >= 0.3 is 19.8 Å². The maximum atomic E-state index is 12.7. The molecule has 0 saturated carbocycles. The van der Waals surface area contributed by atoms with Crippen LogP contribution in [0.15, 0.2) is 134 Å². The van der Waals surface area contributed by atoms with E-state index in [2.05, 4.69) is 148 Å². The van der Waals surface area contributed by atoms with Crippen LogP contribution in [-0.2, 0) is 32.7 Å². The number of carbonyl (C=O) groups excluding carboxylic acids is 2. The average molecular weight is 1120 g/mol. The first kappa shape index (κ1) is 75.2. The molecule has 79 heavy (non-hydrogen) atoms. The van der Waals surface area contributed by atoms with Crippen molar-refractivity contribution in [2.75, 3.05) is 26.4 Å². The van der Waals surface area contributed by atoms with Crippen molar-refractivity contribution in [3.63, 3.8) is 0 Å². The second-order valence-corrected chi connectivity index (χ2v) is 22.0. The number of unbranched alkanes of at least 4 members (excludes halogenated alkanes) is 23. The van der Waals surface area contributed by atoms with Gasteiger partial charge in [-0.1, -0.05) is 270 Å². The largest absolute Gasteiger partial charge is 0.472 e. The lowest BCUT2D eigenvalue weighted by molar-refractivity contribution is -0.161. The normalized spacial score (nSPS) is 13.9. The van der Waals surface area contributed by atoms with E-state index in [0.29, 0.717) is 6.42 Å². The molecule has 3 N–H and O–H groups in total. The highest BCUT2D eigenvalue weighted by Crippen LogP contribution is 2.43. The molecule has 10 heteroatoms. The number of carbonyl (C=O) groups is 2. The molecule has 0 radical (unpaired) electrons. The van der Waals surface area contributed by atoms with E-state index in [1.165, 1.54) is 103 Å². The van der Waals surface area contributed by atoms with Crippen LogP contribution in [0.3, 0.4) is 0 Å². The van der Waals surface area contributed by atoms with E-state index in [1.54, 1.807) is 0 Å². The van der Waals surface area contributed by atoms with Crippen molar-refractivity contribution < 1.29 is 37.6 Å². The van der Waals surface area contributed by atoms with E-state index < -0.39 is 32.5 Å². The van der Waals surface area contributed by atoms with Crippen LogP contribution in [0.25, 0.3) is 0 Å². The molecule has 0 fully saturated rings. The second-order valence-electron chi connectivity index (χ2n) is 20.5. The number of esters is 2. The molecular weight excluding hydrogens is 1000 g/mol. The Bertz CT molecular complexity index is 1750. The molecule has 2 atom stereocenters. The van der Waals surface area contributed by atoms with Crippen LogP contribution in [0.2, 0.25) is 0 Å². The fraction of sp³-hybridized carbons (Fsp3) is 0.652. The minimum atomic E-state index is -4.40. The zero-order valence-corrected chi connectivity index (χ0v) is 51.2. The van der Waals surface area contributed by atoms with Gasteiger partial charge in [-0.25, -0.2) is 4.57 Å². The maximum absolute atomic E-state index is 12.7. The molecule has 0 aliphatic heterocycles. The molecule has 0 aromatic heterocycles. The minimum absolute atomic E-state index is 0.0473. The van der Waals surface area contributed by atoms with Gasteiger partial charge in [0.15, 0.2) is 6.10 Å². The first-order valence-electron chi connectivity index (χ1n) is 31.7. The third-order valence-electron chi connectivity index (χ3n) is 13.0. The van der Waals surface area contributed by atoms with Crippen molar-refractivity contribution in [1.82, 2.24) is 0 Å². The van der Waals surface area contributed by atoms with Gasteiger partial charge in [-0.05, 0) is 109 Å². The van der Waals surface area contributed by atoms with Crippen LogP contribution in [0, 0.1) is 0 Å². The van der Waals surface area contributed by atoms with Crippen LogP contribution >= 0.6 is 7.82 Å². The summed E-state index contributed by atoms with van der Waals surface area (Å²) in [5, 5.41) is 0. The molecule has 0 bridgehead atoms. The summed E-state index contributed by atoms with van der Waals surface area (Å²) in [6, 6.07) is 0. The molecule has 0 aromatic carbocycles. The standard InChI is InChI=1S/C69H116NO8P/c1-3-5-7-9-11-13-15-17-19-21-22-23-24-25-26-27-28-29-30-31-32-33-34-35-36-37-38-39-40-41-42-43-44-46-48-50-52-54-56-58-60-62-69(72)78-67(66-77-79(73,74)76-64-63-70)65-75-68(71)61-59-57-55-53-51-49-47-45-20-18-16-14-12-10-8-6-4-2/h5-8,11-14,17-20,22-23,25-26,28-29,31-32,34-35,67H,3-4,9-10,15-16,21,24,27,30,33,36-66,70H2,1-2H3,(H,73,74)/b7-5-,8-6-,13-11-,14-12-,19-17-,20-18-,23-22-,26-25-,29-28-,32-31-,35-34-. The predicted molar refractivity (Wildman–Crippen MR) is 339 cm³/mol. The summed E-state index contributed by atoms with van der Waals surface area (Å²) < 4.78 is 33.0. The predicted octanol–water partition coefficient (Wildman–Crippen LogP) is 20.5. The molecule has 0 spiro atoms. The minimum Gasteiger partial charge on any atom is -0.462 e.